The first-order chi connectivity index (χ1) is 8.06. The van der Waals surface area contributed by atoms with Crippen molar-refractivity contribution < 1.29 is 14.2 Å². The summed E-state index contributed by atoms with van der Waals surface area (Å²) >= 11 is 0. The zero-order valence-corrected chi connectivity index (χ0v) is 10.9. The van der Waals surface area contributed by atoms with Gasteiger partial charge < -0.3 is 19.9 Å². The second kappa shape index (κ2) is 6.47. The number of methoxy groups -OCH3 is 2. The van der Waals surface area contributed by atoms with Gasteiger partial charge in [-0.3, -0.25) is 0 Å². The summed E-state index contributed by atoms with van der Waals surface area (Å²) in [7, 11) is 3.24. The first-order valence-corrected chi connectivity index (χ1v) is 5.67. The highest BCUT2D eigenvalue weighted by molar-refractivity contribution is 5.39. The predicted molar refractivity (Wildman–Crippen MR) is 67.6 cm³/mol. The number of hydrogen-bond acceptors (Lipinski definition) is 4. The minimum absolute atomic E-state index is 0.175. The van der Waals surface area contributed by atoms with E-state index in [1.165, 1.54) is 0 Å². The summed E-state index contributed by atoms with van der Waals surface area (Å²) in [5.74, 6) is 1.47. The lowest BCUT2D eigenvalue weighted by molar-refractivity contribution is 0.0682. The summed E-state index contributed by atoms with van der Waals surface area (Å²) in [6, 6.07) is 5.44. The number of nitrogens with two attached hydrogens (primary N) is 1. The Hall–Kier alpha value is -1.26. The van der Waals surface area contributed by atoms with E-state index in [0.29, 0.717) is 6.61 Å². The Morgan fingerprint density at radius 1 is 1.06 bits per heavy atom. The maximum absolute atomic E-state index is 6.05. The molecule has 0 fully saturated rings. The van der Waals surface area contributed by atoms with Gasteiger partial charge in [-0.25, -0.2) is 0 Å². The molecule has 0 aliphatic carbocycles. The van der Waals surface area contributed by atoms with E-state index in [9.17, 15) is 0 Å². The second-order valence-electron chi connectivity index (χ2n) is 4.13. The Labute approximate surface area is 103 Å². The van der Waals surface area contributed by atoms with Crippen LogP contribution in [0.25, 0.3) is 0 Å². The molecule has 0 heterocycles. The van der Waals surface area contributed by atoms with Crippen molar-refractivity contribution in [2.75, 3.05) is 20.8 Å². The summed E-state index contributed by atoms with van der Waals surface area (Å²) in [6.07, 6.45) is 0.175. The lowest BCUT2D eigenvalue weighted by Gasteiger charge is -2.16. The first-order valence-electron chi connectivity index (χ1n) is 5.67. The highest BCUT2D eigenvalue weighted by Gasteiger charge is 2.10. The normalized spacial score (nSPS) is 12.6. The zero-order chi connectivity index (χ0) is 12.8. The van der Waals surface area contributed by atoms with Gasteiger partial charge in [-0.05, 0) is 31.5 Å². The molecule has 0 spiro atoms. The van der Waals surface area contributed by atoms with Crippen LogP contribution >= 0.6 is 0 Å². The van der Waals surface area contributed by atoms with E-state index in [-0.39, 0.29) is 12.1 Å². The highest BCUT2D eigenvalue weighted by atomic mass is 16.5. The van der Waals surface area contributed by atoms with Crippen molar-refractivity contribution in [1.29, 1.82) is 0 Å². The molecular formula is C13H21NO3. The smallest absolute Gasteiger partial charge is 0.122 e. The monoisotopic (exact) mass is 239 g/mol. The molecule has 0 bridgehead atoms. The fraction of sp³-hybridized carbons (Fsp3) is 0.538. The van der Waals surface area contributed by atoms with Crippen molar-refractivity contribution in [2.45, 2.75) is 26.0 Å². The van der Waals surface area contributed by atoms with Crippen LogP contribution in [0.2, 0.25) is 0 Å². The Bertz CT molecular complexity index is 330. The average Bonchev–Trinajstić information content (AvgIpc) is 2.34. The summed E-state index contributed by atoms with van der Waals surface area (Å²) in [4.78, 5) is 0. The van der Waals surface area contributed by atoms with Gasteiger partial charge in [-0.15, -0.1) is 0 Å². The molecule has 96 valence electrons. The van der Waals surface area contributed by atoms with Gasteiger partial charge in [0.2, 0.25) is 0 Å². The molecule has 0 amide bonds. The van der Waals surface area contributed by atoms with Crippen molar-refractivity contribution in [1.82, 2.24) is 0 Å². The summed E-state index contributed by atoms with van der Waals surface area (Å²) in [6.45, 7) is 4.45. The van der Waals surface area contributed by atoms with Crippen LogP contribution < -0.4 is 15.2 Å². The topological polar surface area (TPSA) is 53.7 Å². The van der Waals surface area contributed by atoms with Gasteiger partial charge in [0.15, 0.2) is 0 Å². The van der Waals surface area contributed by atoms with E-state index in [2.05, 4.69) is 0 Å². The molecule has 1 aromatic carbocycles. The van der Waals surface area contributed by atoms with Gasteiger partial charge >= 0.3 is 0 Å². The number of ether oxygens (including phenoxy) is 3. The molecule has 17 heavy (non-hydrogen) atoms. The summed E-state index contributed by atoms with van der Waals surface area (Å²) in [5, 5.41) is 0. The first kappa shape index (κ1) is 13.8. The van der Waals surface area contributed by atoms with Crippen LogP contribution in [0.15, 0.2) is 18.2 Å². The maximum Gasteiger partial charge on any atom is 0.122 e. The Morgan fingerprint density at radius 3 is 2.00 bits per heavy atom. The molecule has 0 aliphatic heterocycles. The minimum Gasteiger partial charge on any atom is -0.497 e. The molecular weight excluding hydrogens is 218 g/mol. The van der Waals surface area contributed by atoms with Crippen molar-refractivity contribution in [3.8, 4) is 11.5 Å². The quantitative estimate of drug-likeness (QED) is 0.826. The Kier molecular flexibility index (Phi) is 5.25. The van der Waals surface area contributed by atoms with Crippen LogP contribution in [0.3, 0.4) is 0 Å². The van der Waals surface area contributed by atoms with Gasteiger partial charge in [0.05, 0.1) is 33.0 Å². The second-order valence-corrected chi connectivity index (χ2v) is 4.13. The van der Waals surface area contributed by atoms with Gasteiger partial charge in [-0.2, -0.15) is 0 Å². The van der Waals surface area contributed by atoms with E-state index < -0.39 is 0 Å². The Morgan fingerprint density at radius 2 is 1.59 bits per heavy atom. The third kappa shape index (κ3) is 4.24. The average molecular weight is 239 g/mol. The van der Waals surface area contributed by atoms with Crippen molar-refractivity contribution in [3.05, 3.63) is 23.8 Å². The SMILES string of the molecule is COc1cc(OC)cc(C(N)COC(C)C)c1. The molecule has 0 aromatic heterocycles. The minimum atomic E-state index is -0.179. The third-order valence-electron chi connectivity index (χ3n) is 2.41. The number of benzene rings is 1. The molecule has 1 aromatic rings. The van der Waals surface area contributed by atoms with Crippen LogP contribution in [0.1, 0.15) is 25.5 Å². The van der Waals surface area contributed by atoms with E-state index in [0.717, 1.165) is 17.1 Å². The molecule has 0 saturated heterocycles. The van der Waals surface area contributed by atoms with Crippen molar-refractivity contribution in [2.24, 2.45) is 5.73 Å². The van der Waals surface area contributed by atoms with Gasteiger partial charge in [0.25, 0.3) is 0 Å². The molecule has 2 N–H and O–H groups in total. The van der Waals surface area contributed by atoms with Crippen LogP contribution in [0.5, 0.6) is 11.5 Å². The fourth-order valence-corrected chi connectivity index (χ4v) is 1.44. The number of rotatable bonds is 6. The fourth-order valence-electron chi connectivity index (χ4n) is 1.44. The molecule has 0 radical (unpaired) electrons. The lowest BCUT2D eigenvalue weighted by atomic mass is 10.1. The molecule has 1 rings (SSSR count). The molecule has 0 saturated carbocycles. The maximum atomic E-state index is 6.05. The van der Waals surface area contributed by atoms with Crippen LogP contribution in [0, 0.1) is 0 Å². The highest BCUT2D eigenvalue weighted by Crippen LogP contribution is 2.25. The van der Waals surface area contributed by atoms with Crippen LogP contribution in [0.4, 0.5) is 0 Å². The van der Waals surface area contributed by atoms with Gasteiger partial charge in [-0.1, -0.05) is 0 Å². The molecule has 4 heteroatoms. The molecule has 0 aliphatic rings. The van der Waals surface area contributed by atoms with Crippen LogP contribution in [-0.2, 0) is 4.74 Å². The molecule has 4 nitrogen and oxygen atoms in total. The lowest BCUT2D eigenvalue weighted by Crippen LogP contribution is -2.19. The standard InChI is InChI=1S/C13H21NO3/c1-9(2)17-8-13(14)10-5-11(15-3)7-12(6-10)16-4/h5-7,9,13H,8,14H2,1-4H3. The molecule has 1 unspecified atom stereocenters. The van der Waals surface area contributed by atoms with Gasteiger partial charge in [0.1, 0.15) is 11.5 Å². The predicted octanol–water partition coefficient (Wildman–Crippen LogP) is 2.13. The third-order valence-corrected chi connectivity index (χ3v) is 2.41. The van der Waals surface area contributed by atoms with Gasteiger partial charge in [0, 0.05) is 6.07 Å². The van der Waals surface area contributed by atoms with E-state index in [1.807, 2.05) is 32.0 Å². The molecule has 1 atom stereocenters. The summed E-state index contributed by atoms with van der Waals surface area (Å²) in [5.41, 5.74) is 7.00. The zero-order valence-electron chi connectivity index (χ0n) is 10.9. The van der Waals surface area contributed by atoms with E-state index in [4.69, 9.17) is 19.9 Å². The largest absolute Gasteiger partial charge is 0.497 e. The van der Waals surface area contributed by atoms with Crippen molar-refractivity contribution in [3.63, 3.8) is 0 Å². The number of hydrogen-bond donors (Lipinski definition) is 1. The van der Waals surface area contributed by atoms with E-state index in [1.54, 1.807) is 14.2 Å². The summed E-state index contributed by atoms with van der Waals surface area (Å²) < 4.78 is 15.9. The Balaban J connectivity index is 2.80. The van der Waals surface area contributed by atoms with Crippen molar-refractivity contribution >= 4 is 0 Å². The van der Waals surface area contributed by atoms with Crippen LogP contribution in [-0.4, -0.2) is 26.9 Å². The van der Waals surface area contributed by atoms with E-state index >= 15 is 0 Å².